The number of nitrogens with one attached hydrogen (secondary N) is 1. The number of carboxylic acid groups (broad SMARTS) is 1. The first-order valence-corrected chi connectivity index (χ1v) is 8.95. The summed E-state index contributed by atoms with van der Waals surface area (Å²) < 4.78 is 5.20. The number of anilines is 1. The predicted octanol–water partition coefficient (Wildman–Crippen LogP) is 3.66. The third-order valence-electron chi connectivity index (χ3n) is 4.18. The second kappa shape index (κ2) is 8.47. The van der Waals surface area contributed by atoms with Gasteiger partial charge in [0.25, 0.3) is 0 Å². The van der Waals surface area contributed by atoms with Crippen molar-refractivity contribution in [3.05, 3.63) is 76.9 Å². The van der Waals surface area contributed by atoms with E-state index in [0.29, 0.717) is 29.4 Å². The van der Waals surface area contributed by atoms with Gasteiger partial charge >= 0.3 is 5.97 Å². The molecule has 0 unspecified atom stereocenters. The molecule has 0 spiro atoms. The van der Waals surface area contributed by atoms with E-state index in [2.05, 4.69) is 15.5 Å². The number of carbonyl (C=O) groups excluding carboxylic acids is 1. The molecule has 2 N–H and O–H groups in total. The molecule has 1 heterocycles. The van der Waals surface area contributed by atoms with E-state index < -0.39 is 5.97 Å². The molecule has 7 nitrogen and oxygen atoms in total. The van der Waals surface area contributed by atoms with Gasteiger partial charge in [0.05, 0.1) is 12.0 Å². The van der Waals surface area contributed by atoms with Crippen molar-refractivity contribution in [1.82, 2.24) is 10.1 Å². The second-order valence-corrected chi connectivity index (χ2v) is 6.76. The highest BCUT2D eigenvalue weighted by atomic mass is 16.5. The Hall–Kier alpha value is -3.48. The Morgan fingerprint density at radius 3 is 2.46 bits per heavy atom. The smallest absolute Gasteiger partial charge is 0.335 e. The number of hydrogen-bond donors (Lipinski definition) is 2. The summed E-state index contributed by atoms with van der Waals surface area (Å²) in [5.74, 6) is 0.0902. The van der Waals surface area contributed by atoms with Crippen LogP contribution in [0, 0.1) is 0 Å². The second-order valence-electron chi connectivity index (χ2n) is 6.76. The zero-order chi connectivity index (χ0) is 20.1. The highest BCUT2D eigenvalue weighted by molar-refractivity contribution is 5.96. The van der Waals surface area contributed by atoms with Crippen LogP contribution in [0.3, 0.4) is 0 Å². The van der Waals surface area contributed by atoms with Crippen molar-refractivity contribution in [2.45, 2.75) is 32.6 Å². The number of benzene rings is 2. The average Bonchev–Trinajstić information content (AvgIpc) is 3.12. The highest BCUT2D eigenvalue weighted by Gasteiger charge is 2.13. The van der Waals surface area contributed by atoms with Crippen molar-refractivity contribution < 1.29 is 19.2 Å². The molecule has 1 aromatic heterocycles. The molecule has 0 aliphatic rings. The van der Waals surface area contributed by atoms with Gasteiger partial charge in [-0.15, -0.1) is 0 Å². The Bertz CT molecular complexity index is 977. The first-order chi connectivity index (χ1) is 13.4. The summed E-state index contributed by atoms with van der Waals surface area (Å²) in [6, 6.07) is 13.8. The standard InChI is InChI=1S/C21H21N3O4/c1-13(2)20-23-18(24-28-20)11-14-7-9-16(10-8-14)22-19(25)12-15-5-3-4-6-17(15)21(26)27/h3-10,13H,11-12H2,1-2H3,(H,22,25)(H,26,27). The maximum Gasteiger partial charge on any atom is 0.335 e. The lowest BCUT2D eigenvalue weighted by molar-refractivity contribution is -0.115. The van der Waals surface area contributed by atoms with Gasteiger partial charge in [0.15, 0.2) is 5.82 Å². The van der Waals surface area contributed by atoms with E-state index >= 15 is 0 Å². The minimum atomic E-state index is -1.05. The normalized spacial score (nSPS) is 10.8. The number of amides is 1. The van der Waals surface area contributed by atoms with Gasteiger partial charge in [-0.25, -0.2) is 4.79 Å². The topological polar surface area (TPSA) is 105 Å². The quantitative estimate of drug-likeness (QED) is 0.649. The van der Waals surface area contributed by atoms with Gasteiger partial charge < -0.3 is 14.9 Å². The molecule has 0 aliphatic carbocycles. The maximum atomic E-state index is 12.3. The fourth-order valence-corrected chi connectivity index (χ4v) is 2.72. The lowest BCUT2D eigenvalue weighted by Gasteiger charge is -2.08. The number of nitrogens with zero attached hydrogens (tertiary/aromatic N) is 2. The van der Waals surface area contributed by atoms with Crippen LogP contribution in [-0.4, -0.2) is 27.1 Å². The SMILES string of the molecule is CC(C)c1nc(Cc2ccc(NC(=O)Cc3ccccc3C(=O)O)cc2)no1. The van der Waals surface area contributed by atoms with E-state index in [4.69, 9.17) is 4.52 Å². The number of rotatable bonds is 7. The van der Waals surface area contributed by atoms with E-state index in [9.17, 15) is 14.7 Å². The molecule has 144 valence electrons. The summed E-state index contributed by atoms with van der Waals surface area (Å²) in [5.41, 5.74) is 2.24. The van der Waals surface area contributed by atoms with Crippen molar-refractivity contribution in [2.24, 2.45) is 0 Å². The Balaban J connectivity index is 1.61. The van der Waals surface area contributed by atoms with E-state index in [1.165, 1.54) is 6.07 Å². The van der Waals surface area contributed by atoms with Crippen molar-refractivity contribution in [3.63, 3.8) is 0 Å². The van der Waals surface area contributed by atoms with Gasteiger partial charge in [-0.2, -0.15) is 4.98 Å². The molecular weight excluding hydrogens is 358 g/mol. The van der Waals surface area contributed by atoms with Gasteiger partial charge in [0.1, 0.15) is 0 Å². The van der Waals surface area contributed by atoms with Crippen molar-refractivity contribution in [1.29, 1.82) is 0 Å². The Kier molecular flexibility index (Phi) is 5.84. The molecule has 0 saturated heterocycles. The van der Waals surface area contributed by atoms with Gasteiger partial charge in [-0.1, -0.05) is 49.3 Å². The third-order valence-corrected chi connectivity index (χ3v) is 4.18. The van der Waals surface area contributed by atoms with E-state index in [-0.39, 0.29) is 23.8 Å². The third kappa shape index (κ3) is 4.82. The zero-order valence-corrected chi connectivity index (χ0v) is 15.7. The minimum absolute atomic E-state index is 0.00887. The Morgan fingerprint density at radius 1 is 1.11 bits per heavy atom. The molecule has 3 rings (SSSR count). The van der Waals surface area contributed by atoms with E-state index in [1.807, 2.05) is 26.0 Å². The molecule has 0 aliphatic heterocycles. The summed E-state index contributed by atoms with van der Waals surface area (Å²) in [4.78, 5) is 27.9. The van der Waals surface area contributed by atoms with Gasteiger partial charge in [-0.3, -0.25) is 4.79 Å². The minimum Gasteiger partial charge on any atom is -0.478 e. The summed E-state index contributed by atoms with van der Waals surface area (Å²) in [7, 11) is 0. The number of aromatic carboxylic acids is 1. The van der Waals surface area contributed by atoms with Crippen LogP contribution in [0.25, 0.3) is 0 Å². The lowest BCUT2D eigenvalue weighted by atomic mass is 10.0. The molecule has 0 atom stereocenters. The molecule has 0 fully saturated rings. The van der Waals surface area contributed by atoms with Gasteiger partial charge in [-0.05, 0) is 29.3 Å². The molecule has 0 radical (unpaired) electrons. The zero-order valence-electron chi connectivity index (χ0n) is 15.7. The van der Waals surface area contributed by atoms with E-state index in [0.717, 1.165) is 5.56 Å². The molecule has 2 aromatic carbocycles. The average molecular weight is 379 g/mol. The lowest BCUT2D eigenvalue weighted by Crippen LogP contribution is -2.16. The van der Waals surface area contributed by atoms with Crippen LogP contribution < -0.4 is 5.32 Å². The Labute approximate surface area is 162 Å². The summed E-state index contributed by atoms with van der Waals surface area (Å²) in [5, 5.41) is 16.0. The molecule has 0 saturated carbocycles. The monoisotopic (exact) mass is 379 g/mol. The van der Waals surface area contributed by atoms with Gasteiger partial charge in [0, 0.05) is 18.0 Å². The Morgan fingerprint density at radius 2 is 1.82 bits per heavy atom. The molecule has 3 aromatic rings. The first kappa shape index (κ1) is 19.3. The van der Waals surface area contributed by atoms with Gasteiger partial charge in [0.2, 0.25) is 11.8 Å². The number of carboxylic acids is 1. The summed E-state index contributed by atoms with van der Waals surface area (Å²) in [6.07, 6.45) is 0.529. The van der Waals surface area contributed by atoms with E-state index in [1.54, 1.807) is 30.3 Å². The number of carbonyl (C=O) groups is 2. The largest absolute Gasteiger partial charge is 0.478 e. The maximum absolute atomic E-state index is 12.3. The molecule has 0 bridgehead atoms. The first-order valence-electron chi connectivity index (χ1n) is 8.95. The molecular formula is C21H21N3O4. The highest BCUT2D eigenvalue weighted by Crippen LogP contribution is 2.16. The van der Waals surface area contributed by atoms with Crippen LogP contribution in [-0.2, 0) is 17.6 Å². The fourth-order valence-electron chi connectivity index (χ4n) is 2.72. The van der Waals surface area contributed by atoms with Crippen LogP contribution in [0.2, 0.25) is 0 Å². The summed E-state index contributed by atoms with van der Waals surface area (Å²) in [6.45, 7) is 3.98. The van der Waals surface area contributed by atoms with Crippen molar-refractivity contribution >= 4 is 17.6 Å². The molecule has 28 heavy (non-hydrogen) atoms. The predicted molar refractivity (Wildman–Crippen MR) is 103 cm³/mol. The van der Waals surface area contributed by atoms with Crippen LogP contribution in [0.4, 0.5) is 5.69 Å². The van der Waals surface area contributed by atoms with Crippen LogP contribution >= 0.6 is 0 Å². The molecule has 7 heteroatoms. The molecule has 1 amide bonds. The van der Waals surface area contributed by atoms with Crippen LogP contribution in [0.1, 0.15) is 53.0 Å². The summed E-state index contributed by atoms with van der Waals surface area (Å²) >= 11 is 0. The van der Waals surface area contributed by atoms with Crippen LogP contribution in [0.15, 0.2) is 53.1 Å². The van der Waals surface area contributed by atoms with Crippen molar-refractivity contribution in [2.75, 3.05) is 5.32 Å². The number of aromatic nitrogens is 2. The van der Waals surface area contributed by atoms with Crippen LogP contribution in [0.5, 0.6) is 0 Å². The number of hydrogen-bond acceptors (Lipinski definition) is 5. The van der Waals surface area contributed by atoms with Crippen molar-refractivity contribution in [3.8, 4) is 0 Å². The fraction of sp³-hybridized carbons (Fsp3) is 0.238.